The number of esters is 1. The fourth-order valence-corrected chi connectivity index (χ4v) is 3.34. The van der Waals surface area contributed by atoms with E-state index in [9.17, 15) is 14.4 Å². The number of hydrogen-bond donors (Lipinski definition) is 1. The summed E-state index contributed by atoms with van der Waals surface area (Å²) >= 11 is 16.9. The molecule has 7 nitrogen and oxygen atoms in total. The number of rotatable bonds is 9. The second kappa shape index (κ2) is 12.3. The Kier molecular flexibility index (Phi) is 11.2. The van der Waals surface area contributed by atoms with Crippen LogP contribution in [0, 0.1) is 5.92 Å². The molecule has 1 N–H and O–H groups in total. The summed E-state index contributed by atoms with van der Waals surface area (Å²) in [7, 11) is 0. The number of piperazine rings is 1. The van der Waals surface area contributed by atoms with Gasteiger partial charge in [0.1, 0.15) is 18.2 Å². The van der Waals surface area contributed by atoms with E-state index in [1.165, 1.54) is 4.90 Å². The highest BCUT2D eigenvalue weighted by atomic mass is 35.6. The zero-order chi connectivity index (χ0) is 22.9. The lowest BCUT2D eigenvalue weighted by atomic mass is 9.88. The minimum Gasteiger partial charge on any atom is -0.461 e. The van der Waals surface area contributed by atoms with Crippen LogP contribution in [0.1, 0.15) is 59.8 Å². The fraction of sp³-hybridized carbons (Fsp3) is 0.850. The van der Waals surface area contributed by atoms with Crippen molar-refractivity contribution in [3.05, 3.63) is 0 Å². The minimum absolute atomic E-state index is 0.123. The largest absolute Gasteiger partial charge is 0.461 e. The van der Waals surface area contributed by atoms with E-state index < -0.39 is 33.4 Å². The summed E-state index contributed by atoms with van der Waals surface area (Å²) in [5.41, 5.74) is -0.670. The molecule has 0 saturated carbocycles. The highest BCUT2D eigenvalue weighted by molar-refractivity contribution is 6.67. The van der Waals surface area contributed by atoms with Crippen molar-refractivity contribution in [2.75, 3.05) is 26.2 Å². The summed E-state index contributed by atoms with van der Waals surface area (Å²) < 4.78 is 8.77. The number of nitrogens with one attached hydrogen (secondary N) is 1. The van der Waals surface area contributed by atoms with Crippen molar-refractivity contribution in [3.63, 3.8) is 0 Å². The van der Waals surface area contributed by atoms with Crippen molar-refractivity contribution >= 4 is 52.6 Å². The van der Waals surface area contributed by atoms with Gasteiger partial charge in [-0.3, -0.25) is 14.5 Å². The molecule has 0 bridgehead atoms. The molecule has 1 rings (SSSR count). The average molecular weight is 488 g/mol. The van der Waals surface area contributed by atoms with Gasteiger partial charge in [-0.15, -0.1) is 0 Å². The van der Waals surface area contributed by atoms with E-state index >= 15 is 0 Å². The van der Waals surface area contributed by atoms with E-state index in [2.05, 4.69) is 12.2 Å². The van der Waals surface area contributed by atoms with Gasteiger partial charge in [0.25, 0.3) is 0 Å². The van der Waals surface area contributed by atoms with Crippen molar-refractivity contribution in [1.29, 1.82) is 0 Å². The highest BCUT2D eigenvalue weighted by Gasteiger charge is 2.38. The molecule has 2 atom stereocenters. The molecular weight excluding hydrogens is 455 g/mol. The van der Waals surface area contributed by atoms with E-state index in [0.717, 1.165) is 19.3 Å². The zero-order valence-electron chi connectivity index (χ0n) is 18.1. The number of carbonyl (C=O) groups is 3. The van der Waals surface area contributed by atoms with Gasteiger partial charge in [0.2, 0.25) is 3.79 Å². The molecule has 0 aliphatic carbocycles. The lowest BCUT2D eigenvalue weighted by molar-refractivity contribution is -0.147. The number of halogens is 3. The number of ketones is 1. The normalized spacial score (nSPS) is 18.6. The van der Waals surface area contributed by atoms with Crippen LogP contribution < -0.4 is 5.32 Å². The Bertz CT molecular complexity index is 590. The molecule has 0 spiro atoms. The third-order valence-electron chi connectivity index (χ3n) is 4.57. The van der Waals surface area contributed by atoms with Gasteiger partial charge in [-0.05, 0) is 27.2 Å². The molecule has 174 valence electrons. The maximum Gasteiger partial charge on any atom is 0.410 e. The smallest absolute Gasteiger partial charge is 0.410 e. The molecule has 0 aromatic rings. The first-order valence-corrected chi connectivity index (χ1v) is 11.4. The Labute approximate surface area is 194 Å². The van der Waals surface area contributed by atoms with E-state index in [0.29, 0.717) is 26.1 Å². The van der Waals surface area contributed by atoms with Crippen LogP contribution in [0.2, 0.25) is 0 Å². The Balaban J connectivity index is 2.90. The van der Waals surface area contributed by atoms with E-state index in [4.69, 9.17) is 44.3 Å². The average Bonchev–Trinajstić information content (AvgIpc) is 2.63. The summed E-state index contributed by atoms with van der Waals surface area (Å²) in [6.07, 6.45) is 2.57. The first kappa shape index (κ1) is 27.3. The number of unbranched alkanes of at least 4 members (excludes halogenated alkanes) is 2. The predicted octanol–water partition coefficient (Wildman–Crippen LogP) is 4.26. The Morgan fingerprint density at radius 3 is 2.40 bits per heavy atom. The van der Waals surface area contributed by atoms with E-state index in [-0.39, 0.29) is 18.8 Å². The quantitative estimate of drug-likeness (QED) is 0.297. The topological polar surface area (TPSA) is 84.9 Å². The standard InChI is InChI=1S/C20H33Cl3N2O5/c1-5-6-7-8-14(11-16(26)29-13-20(21,22)23)17(27)15-12-24-9-10-25(15)18(28)30-19(2,3)4/h14-15,24H,5-13H2,1-4H3/t14-,15-/m1/s1. The summed E-state index contributed by atoms with van der Waals surface area (Å²) in [5, 5.41) is 3.15. The van der Waals surface area contributed by atoms with Crippen LogP contribution >= 0.6 is 34.8 Å². The molecule has 1 saturated heterocycles. The Morgan fingerprint density at radius 1 is 1.17 bits per heavy atom. The molecule has 1 heterocycles. The molecule has 30 heavy (non-hydrogen) atoms. The minimum atomic E-state index is -1.71. The lowest BCUT2D eigenvalue weighted by Crippen LogP contribution is -2.59. The van der Waals surface area contributed by atoms with Gasteiger partial charge in [0.15, 0.2) is 5.78 Å². The third-order valence-corrected chi connectivity index (χ3v) is 4.90. The van der Waals surface area contributed by atoms with Gasteiger partial charge in [-0.2, -0.15) is 0 Å². The van der Waals surface area contributed by atoms with E-state index in [1.54, 1.807) is 20.8 Å². The fourth-order valence-electron chi connectivity index (χ4n) is 3.18. The predicted molar refractivity (Wildman–Crippen MR) is 118 cm³/mol. The van der Waals surface area contributed by atoms with Crippen molar-refractivity contribution < 1.29 is 23.9 Å². The summed E-state index contributed by atoms with van der Waals surface area (Å²) in [4.78, 5) is 39.7. The van der Waals surface area contributed by atoms with Gasteiger partial charge in [-0.25, -0.2) is 4.79 Å². The van der Waals surface area contributed by atoms with Crippen LogP contribution in [0.4, 0.5) is 4.79 Å². The molecule has 1 amide bonds. The number of hydrogen-bond acceptors (Lipinski definition) is 6. The lowest BCUT2D eigenvalue weighted by Gasteiger charge is -2.37. The second-order valence-corrected chi connectivity index (χ2v) is 11.0. The number of Topliss-reactive ketones (excluding diaryl/α,β-unsaturated/α-hetero) is 1. The summed E-state index contributed by atoms with van der Waals surface area (Å²) in [6, 6.07) is -0.707. The van der Waals surface area contributed by atoms with Crippen molar-refractivity contribution in [2.45, 2.75) is 75.2 Å². The maximum absolute atomic E-state index is 13.3. The van der Waals surface area contributed by atoms with Gasteiger partial charge in [0, 0.05) is 25.6 Å². The molecule has 0 radical (unpaired) electrons. The van der Waals surface area contributed by atoms with Gasteiger partial charge < -0.3 is 14.8 Å². The molecule has 1 aliphatic rings. The van der Waals surface area contributed by atoms with Gasteiger partial charge in [0.05, 0.1) is 6.42 Å². The summed E-state index contributed by atoms with van der Waals surface area (Å²) in [5.74, 6) is -1.38. The van der Waals surface area contributed by atoms with Crippen LogP contribution in [0.3, 0.4) is 0 Å². The highest BCUT2D eigenvalue weighted by Crippen LogP contribution is 2.27. The molecule has 1 fully saturated rings. The molecule has 10 heteroatoms. The van der Waals surface area contributed by atoms with E-state index in [1.807, 2.05) is 0 Å². The molecule has 1 aliphatic heterocycles. The van der Waals surface area contributed by atoms with Crippen molar-refractivity contribution in [3.8, 4) is 0 Å². The number of alkyl halides is 3. The van der Waals surface area contributed by atoms with Crippen LogP contribution in [0.15, 0.2) is 0 Å². The Hall–Kier alpha value is -0.760. The third kappa shape index (κ3) is 10.5. The van der Waals surface area contributed by atoms with Crippen LogP contribution in [0.25, 0.3) is 0 Å². The van der Waals surface area contributed by atoms with Crippen molar-refractivity contribution in [2.24, 2.45) is 5.92 Å². The monoisotopic (exact) mass is 486 g/mol. The second-order valence-electron chi connectivity index (χ2n) is 8.47. The Morgan fingerprint density at radius 2 is 1.83 bits per heavy atom. The zero-order valence-corrected chi connectivity index (χ0v) is 20.4. The molecule has 0 unspecified atom stereocenters. The molecular formula is C20H33Cl3N2O5. The van der Waals surface area contributed by atoms with Gasteiger partial charge in [-0.1, -0.05) is 61.0 Å². The van der Waals surface area contributed by atoms with Crippen LogP contribution in [-0.2, 0) is 19.1 Å². The maximum atomic E-state index is 13.3. The molecule has 0 aromatic carbocycles. The number of amides is 1. The number of ether oxygens (including phenoxy) is 2. The molecule has 0 aromatic heterocycles. The van der Waals surface area contributed by atoms with Crippen molar-refractivity contribution in [1.82, 2.24) is 10.2 Å². The first-order chi connectivity index (χ1) is 13.8. The van der Waals surface area contributed by atoms with Crippen LogP contribution in [-0.4, -0.2) is 64.4 Å². The number of carbonyl (C=O) groups excluding carboxylic acids is 3. The van der Waals surface area contributed by atoms with Crippen LogP contribution in [0.5, 0.6) is 0 Å². The SMILES string of the molecule is CCCCC[C@H](CC(=O)OCC(Cl)(Cl)Cl)C(=O)[C@H]1CNCCN1C(=O)OC(C)(C)C. The summed E-state index contributed by atoms with van der Waals surface area (Å²) in [6.45, 7) is 8.22. The number of nitrogens with zero attached hydrogens (tertiary/aromatic N) is 1. The first-order valence-electron chi connectivity index (χ1n) is 10.3. The van der Waals surface area contributed by atoms with Gasteiger partial charge >= 0.3 is 12.1 Å².